The number of hydrogen-bond acceptors (Lipinski definition) is 8. The van der Waals surface area contributed by atoms with Crippen LogP contribution >= 0.6 is 11.6 Å². The van der Waals surface area contributed by atoms with Gasteiger partial charge >= 0.3 is 5.97 Å². The van der Waals surface area contributed by atoms with Crippen LogP contribution < -0.4 is 15.4 Å². The normalized spacial score (nSPS) is 17.4. The predicted octanol–water partition coefficient (Wildman–Crippen LogP) is 5.48. The molecule has 1 saturated heterocycles. The minimum atomic E-state index is -1.12. The van der Waals surface area contributed by atoms with Gasteiger partial charge in [0.25, 0.3) is 5.91 Å². The van der Waals surface area contributed by atoms with Crippen molar-refractivity contribution in [3.8, 4) is 11.4 Å². The number of aromatic carboxylic acids is 1. The van der Waals surface area contributed by atoms with Crippen molar-refractivity contribution < 1.29 is 28.6 Å². The number of aromatic nitrogens is 4. The molecule has 50 heavy (non-hydrogen) atoms. The Kier molecular flexibility index (Phi) is 10.3. The van der Waals surface area contributed by atoms with Crippen molar-refractivity contribution in [3.63, 3.8) is 0 Å². The average molecular weight is 702 g/mol. The van der Waals surface area contributed by atoms with Gasteiger partial charge in [-0.3, -0.25) is 9.59 Å². The molecule has 1 fully saturated rings. The minimum Gasteiger partial charge on any atom is -0.493 e. The van der Waals surface area contributed by atoms with Gasteiger partial charge in [-0.25, -0.2) is 9.18 Å². The maximum atomic E-state index is 15.4. The SMILES string of the molecule is CC1(C)Cc2c(OCCC3CCNCC3)cccc2[C@H](C(=O)Nc2ccc(C(=O)O)cc2)N1C(=O)/C=C/c1c(-n2cnnn2)ccc(Cl)c1F. The third kappa shape index (κ3) is 7.38. The van der Waals surface area contributed by atoms with Gasteiger partial charge in [0.05, 0.1) is 22.9 Å². The van der Waals surface area contributed by atoms with Crippen molar-refractivity contribution in [3.05, 3.63) is 100 Å². The van der Waals surface area contributed by atoms with Gasteiger partial charge in [-0.2, -0.15) is 4.68 Å². The first kappa shape index (κ1) is 34.7. The molecule has 2 aliphatic heterocycles. The van der Waals surface area contributed by atoms with Gasteiger partial charge in [0.1, 0.15) is 18.1 Å². The number of carboxylic acid groups (broad SMARTS) is 1. The third-order valence-corrected chi connectivity index (χ3v) is 9.50. The first-order valence-corrected chi connectivity index (χ1v) is 16.7. The second-order valence-corrected chi connectivity index (χ2v) is 13.4. The molecule has 6 rings (SSSR count). The van der Waals surface area contributed by atoms with Gasteiger partial charge in [-0.05, 0) is 123 Å². The van der Waals surface area contributed by atoms with Crippen LogP contribution in [0.3, 0.4) is 0 Å². The molecule has 14 heteroatoms. The summed E-state index contributed by atoms with van der Waals surface area (Å²) in [5.41, 5.74) is 1.16. The minimum absolute atomic E-state index is 0.0164. The fourth-order valence-electron chi connectivity index (χ4n) is 6.69. The first-order valence-electron chi connectivity index (χ1n) is 16.4. The Hall–Kier alpha value is -5.14. The summed E-state index contributed by atoms with van der Waals surface area (Å²) in [7, 11) is 0. The second kappa shape index (κ2) is 14.8. The number of hydrogen-bond donors (Lipinski definition) is 3. The fourth-order valence-corrected chi connectivity index (χ4v) is 6.85. The quantitative estimate of drug-likeness (QED) is 0.183. The predicted molar refractivity (Wildman–Crippen MR) is 185 cm³/mol. The Morgan fingerprint density at radius 1 is 1.12 bits per heavy atom. The topological polar surface area (TPSA) is 152 Å². The largest absolute Gasteiger partial charge is 0.493 e. The number of anilines is 1. The molecule has 1 aromatic heterocycles. The molecule has 1 atom stereocenters. The Morgan fingerprint density at radius 2 is 1.88 bits per heavy atom. The van der Waals surface area contributed by atoms with Crippen LogP contribution in [0.1, 0.15) is 66.2 Å². The van der Waals surface area contributed by atoms with Crippen LogP contribution in [-0.4, -0.2) is 73.2 Å². The van der Waals surface area contributed by atoms with Crippen molar-refractivity contribution in [2.75, 3.05) is 25.0 Å². The monoisotopic (exact) mass is 701 g/mol. The zero-order chi connectivity index (χ0) is 35.4. The summed E-state index contributed by atoms with van der Waals surface area (Å²) in [5.74, 6) is -1.70. The second-order valence-electron chi connectivity index (χ2n) is 13.0. The van der Waals surface area contributed by atoms with E-state index in [2.05, 4.69) is 26.2 Å². The summed E-state index contributed by atoms with van der Waals surface area (Å²) in [6, 6.07) is 13.0. The van der Waals surface area contributed by atoms with Crippen molar-refractivity contribution in [2.45, 2.75) is 51.1 Å². The number of fused-ring (bicyclic) bond motifs is 1. The van der Waals surface area contributed by atoms with Gasteiger partial charge in [0, 0.05) is 28.4 Å². The third-order valence-electron chi connectivity index (χ3n) is 9.21. The Balaban J connectivity index is 1.35. The molecule has 3 heterocycles. The number of nitrogens with zero attached hydrogens (tertiary/aromatic N) is 5. The zero-order valence-electron chi connectivity index (χ0n) is 27.6. The van der Waals surface area contributed by atoms with E-state index >= 15 is 4.39 Å². The number of nitrogens with one attached hydrogen (secondary N) is 2. The van der Waals surface area contributed by atoms with E-state index in [1.165, 1.54) is 64.5 Å². The van der Waals surface area contributed by atoms with Gasteiger partial charge in [0.15, 0.2) is 5.82 Å². The number of halogens is 2. The summed E-state index contributed by atoms with van der Waals surface area (Å²) in [6.07, 6.45) is 7.28. The molecule has 12 nitrogen and oxygen atoms in total. The van der Waals surface area contributed by atoms with E-state index < -0.39 is 35.2 Å². The zero-order valence-corrected chi connectivity index (χ0v) is 28.4. The van der Waals surface area contributed by atoms with E-state index in [0.29, 0.717) is 35.9 Å². The summed E-state index contributed by atoms with van der Waals surface area (Å²) >= 11 is 6.11. The number of rotatable bonds is 10. The van der Waals surface area contributed by atoms with E-state index in [-0.39, 0.29) is 21.8 Å². The molecule has 0 spiro atoms. The van der Waals surface area contributed by atoms with Crippen LogP contribution in [0, 0.1) is 11.7 Å². The highest BCUT2D eigenvalue weighted by Crippen LogP contribution is 2.43. The highest BCUT2D eigenvalue weighted by Gasteiger charge is 2.46. The summed E-state index contributed by atoms with van der Waals surface area (Å²) < 4.78 is 23.0. The summed E-state index contributed by atoms with van der Waals surface area (Å²) in [6.45, 7) is 6.24. The maximum absolute atomic E-state index is 15.4. The smallest absolute Gasteiger partial charge is 0.335 e. The fraction of sp³-hybridized carbons (Fsp3) is 0.333. The highest BCUT2D eigenvalue weighted by molar-refractivity contribution is 6.31. The van der Waals surface area contributed by atoms with E-state index in [1.807, 2.05) is 19.9 Å². The lowest BCUT2D eigenvalue weighted by Crippen LogP contribution is -2.56. The Labute approximate surface area is 293 Å². The van der Waals surface area contributed by atoms with Crippen LogP contribution in [0.15, 0.2) is 67.0 Å². The molecule has 2 aliphatic rings. The van der Waals surface area contributed by atoms with Crippen molar-refractivity contribution in [1.29, 1.82) is 0 Å². The highest BCUT2D eigenvalue weighted by atomic mass is 35.5. The summed E-state index contributed by atoms with van der Waals surface area (Å²) in [5, 5.41) is 26.5. The van der Waals surface area contributed by atoms with Gasteiger partial charge in [0.2, 0.25) is 5.91 Å². The van der Waals surface area contributed by atoms with Crippen LogP contribution in [0.2, 0.25) is 5.02 Å². The van der Waals surface area contributed by atoms with Crippen molar-refractivity contribution >= 4 is 41.1 Å². The number of ether oxygens (including phenoxy) is 1. The first-order chi connectivity index (χ1) is 24.0. The van der Waals surface area contributed by atoms with Crippen LogP contribution in [0.5, 0.6) is 5.75 Å². The number of carbonyl (C=O) groups excluding carboxylic acids is 2. The van der Waals surface area contributed by atoms with Crippen LogP contribution in [0.25, 0.3) is 11.8 Å². The number of carboxylic acids is 1. The van der Waals surface area contributed by atoms with Crippen LogP contribution in [0.4, 0.5) is 10.1 Å². The van der Waals surface area contributed by atoms with E-state index in [1.54, 1.807) is 12.1 Å². The van der Waals surface area contributed by atoms with Gasteiger partial charge in [-0.1, -0.05) is 23.7 Å². The molecule has 4 aromatic rings. The summed E-state index contributed by atoms with van der Waals surface area (Å²) in [4.78, 5) is 41.4. The lowest BCUT2D eigenvalue weighted by molar-refractivity contribution is -0.142. The van der Waals surface area contributed by atoms with Crippen molar-refractivity contribution in [1.82, 2.24) is 30.4 Å². The molecule has 2 amide bonds. The standard InChI is InChI=1S/C36H37ClFN7O5/c1-36(2)20-27-25(4-3-5-30(27)50-19-16-22-14-17-39-18-15-22)33(34(47)41-24-8-6-23(7-9-24)35(48)49)45(36)31(46)13-10-26-29(44-21-40-42-43-44)12-11-28(37)32(26)38/h3-13,21-22,33,39H,14-20H2,1-2H3,(H,41,47)(H,48,49)/b13-10+/t33-/m1/s1. The lowest BCUT2D eigenvalue weighted by Gasteiger charge is -2.47. The molecule has 0 bridgehead atoms. The molecule has 260 valence electrons. The van der Waals surface area contributed by atoms with E-state index in [9.17, 15) is 19.5 Å². The van der Waals surface area contributed by atoms with Gasteiger partial charge < -0.3 is 25.4 Å². The van der Waals surface area contributed by atoms with Crippen LogP contribution in [-0.2, 0) is 16.0 Å². The number of tetrazole rings is 1. The van der Waals surface area contributed by atoms with Crippen molar-refractivity contribution in [2.24, 2.45) is 5.92 Å². The number of amides is 2. The van der Waals surface area contributed by atoms with E-state index in [0.717, 1.165) is 37.9 Å². The van der Waals surface area contributed by atoms with E-state index in [4.69, 9.17) is 16.3 Å². The lowest BCUT2D eigenvalue weighted by atomic mass is 9.80. The molecular weight excluding hydrogens is 665 g/mol. The number of piperidine rings is 1. The number of carbonyl (C=O) groups is 3. The number of benzene rings is 3. The Morgan fingerprint density at radius 3 is 2.58 bits per heavy atom. The molecule has 0 unspecified atom stereocenters. The molecule has 0 saturated carbocycles. The Bertz CT molecular complexity index is 1910. The molecule has 3 aromatic carbocycles. The molecule has 0 aliphatic carbocycles. The molecule has 3 N–H and O–H groups in total. The molecular formula is C36H37ClFN7O5. The maximum Gasteiger partial charge on any atom is 0.335 e. The molecule has 0 radical (unpaired) electrons. The van der Waals surface area contributed by atoms with Gasteiger partial charge in [-0.15, -0.1) is 5.10 Å². The average Bonchev–Trinajstić information content (AvgIpc) is 3.64.